The molecule has 0 saturated heterocycles. The van der Waals surface area contributed by atoms with Crippen LogP contribution >= 0.6 is 0 Å². The standard InChI is InChI=1S/C13H21N5O3/c1-9-15-16-10-8-17(5-6-18(9)10)11(19)7-14-12(20)21-13(2,3)4/h5-8H2,1-4H3,(H,14,20). The lowest BCUT2D eigenvalue weighted by atomic mass is 10.2. The van der Waals surface area contributed by atoms with Crippen molar-refractivity contribution in [3.63, 3.8) is 0 Å². The molecule has 8 nitrogen and oxygen atoms in total. The van der Waals surface area contributed by atoms with Crippen molar-refractivity contribution in [2.75, 3.05) is 13.1 Å². The summed E-state index contributed by atoms with van der Waals surface area (Å²) in [5.41, 5.74) is -0.577. The summed E-state index contributed by atoms with van der Waals surface area (Å²) in [6.07, 6.45) is -0.591. The van der Waals surface area contributed by atoms with Crippen LogP contribution in [0.1, 0.15) is 32.4 Å². The molecule has 0 aromatic carbocycles. The van der Waals surface area contributed by atoms with Crippen LogP contribution < -0.4 is 5.32 Å². The molecule has 0 unspecified atom stereocenters. The van der Waals surface area contributed by atoms with E-state index in [2.05, 4.69) is 15.5 Å². The molecule has 1 N–H and O–H groups in total. The molecule has 1 aliphatic heterocycles. The molecule has 116 valence electrons. The van der Waals surface area contributed by atoms with Gasteiger partial charge in [0.1, 0.15) is 18.0 Å². The molecule has 0 radical (unpaired) electrons. The highest BCUT2D eigenvalue weighted by molar-refractivity contribution is 5.82. The lowest BCUT2D eigenvalue weighted by molar-refractivity contribution is -0.131. The number of carbonyl (C=O) groups excluding carboxylic acids is 2. The number of alkyl carbamates (subject to hydrolysis) is 1. The maximum Gasteiger partial charge on any atom is 0.408 e. The zero-order valence-electron chi connectivity index (χ0n) is 12.8. The summed E-state index contributed by atoms with van der Waals surface area (Å²) >= 11 is 0. The molecule has 0 fully saturated rings. The number of aromatic nitrogens is 3. The monoisotopic (exact) mass is 295 g/mol. The van der Waals surface area contributed by atoms with Crippen molar-refractivity contribution >= 4 is 12.0 Å². The van der Waals surface area contributed by atoms with Crippen molar-refractivity contribution in [1.82, 2.24) is 25.0 Å². The summed E-state index contributed by atoms with van der Waals surface area (Å²) in [6, 6.07) is 0. The van der Waals surface area contributed by atoms with Crippen molar-refractivity contribution in [2.45, 2.75) is 46.4 Å². The Morgan fingerprint density at radius 2 is 2.00 bits per heavy atom. The second-order valence-corrected chi connectivity index (χ2v) is 5.99. The molecule has 0 atom stereocenters. The molecule has 2 amide bonds. The molecule has 21 heavy (non-hydrogen) atoms. The molecular formula is C13H21N5O3. The number of hydrogen-bond acceptors (Lipinski definition) is 5. The minimum absolute atomic E-state index is 0.0813. The second-order valence-electron chi connectivity index (χ2n) is 5.99. The normalized spacial score (nSPS) is 14.6. The van der Waals surface area contributed by atoms with Crippen LogP contribution in [-0.2, 0) is 22.6 Å². The summed E-state index contributed by atoms with van der Waals surface area (Å²) in [6.45, 7) is 8.79. The first-order chi connectivity index (χ1) is 9.76. The van der Waals surface area contributed by atoms with Crippen LogP contribution in [0.3, 0.4) is 0 Å². The van der Waals surface area contributed by atoms with Gasteiger partial charge in [-0.15, -0.1) is 10.2 Å². The van der Waals surface area contributed by atoms with Gasteiger partial charge in [0.25, 0.3) is 0 Å². The van der Waals surface area contributed by atoms with Crippen molar-refractivity contribution in [3.05, 3.63) is 11.6 Å². The van der Waals surface area contributed by atoms with Crippen LogP contribution in [-0.4, -0.2) is 50.4 Å². The molecule has 0 spiro atoms. The van der Waals surface area contributed by atoms with Gasteiger partial charge in [0.15, 0.2) is 5.82 Å². The van der Waals surface area contributed by atoms with Gasteiger partial charge in [0, 0.05) is 13.1 Å². The van der Waals surface area contributed by atoms with E-state index in [-0.39, 0.29) is 12.5 Å². The van der Waals surface area contributed by atoms with Gasteiger partial charge < -0.3 is 19.5 Å². The largest absolute Gasteiger partial charge is 0.444 e. The Kier molecular flexibility index (Phi) is 4.15. The van der Waals surface area contributed by atoms with Crippen LogP contribution in [0, 0.1) is 6.92 Å². The molecule has 1 aromatic heterocycles. The topological polar surface area (TPSA) is 89.4 Å². The zero-order valence-corrected chi connectivity index (χ0v) is 12.8. The Balaban J connectivity index is 1.84. The maximum atomic E-state index is 12.1. The number of aryl methyl sites for hydroxylation is 1. The molecule has 2 rings (SSSR count). The summed E-state index contributed by atoms with van der Waals surface area (Å²) in [7, 11) is 0. The number of rotatable bonds is 2. The van der Waals surface area contributed by atoms with Gasteiger partial charge in [0.05, 0.1) is 6.54 Å². The van der Waals surface area contributed by atoms with Crippen molar-refractivity contribution in [1.29, 1.82) is 0 Å². The zero-order chi connectivity index (χ0) is 15.6. The first kappa shape index (κ1) is 15.3. The number of amides is 2. The third kappa shape index (κ3) is 3.93. The van der Waals surface area contributed by atoms with Gasteiger partial charge in [-0.1, -0.05) is 0 Å². The first-order valence-electron chi connectivity index (χ1n) is 6.89. The van der Waals surface area contributed by atoms with E-state index in [0.29, 0.717) is 19.6 Å². The molecule has 1 aliphatic rings. The fraction of sp³-hybridized carbons (Fsp3) is 0.692. The lowest BCUT2D eigenvalue weighted by Crippen LogP contribution is -2.44. The third-order valence-corrected chi connectivity index (χ3v) is 3.07. The van der Waals surface area contributed by atoms with Gasteiger partial charge in [-0.05, 0) is 27.7 Å². The smallest absolute Gasteiger partial charge is 0.408 e. The molecule has 2 heterocycles. The van der Waals surface area contributed by atoms with E-state index < -0.39 is 11.7 Å². The van der Waals surface area contributed by atoms with E-state index in [1.165, 1.54) is 0 Å². The van der Waals surface area contributed by atoms with Gasteiger partial charge >= 0.3 is 6.09 Å². The molecule has 0 bridgehead atoms. The molecule has 0 saturated carbocycles. The minimum Gasteiger partial charge on any atom is -0.444 e. The average molecular weight is 295 g/mol. The van der Waals surface area contributed by atoms with Gasteiger partial charge in [0.2, 0.25) is 5.91 Å². The quantitative estimate of drug-likeness (QED) is 0.856. The number of ether oxygens (including phenoxy) is 1. The summed E-state index contributed by atoms with van der Waals surface area (Å²) < 4.78 is 7.08. The Labute approximate surface area is 123 Å². The Morgan fingerprint density at radius 3 is 2.67 bits per heavy atom. The highest BCUT2D eigenvalue weighted by Gasteiger charge is 2.24. The number of hydrogen-bond donors (Lipinski definition) is 1. The van der Waals surface area contributed by atoms with E-state index >= 15 is 0 Å². The molecule has 8 heteroatoms. The maximum absolute atomic E-state index is 12.1. The predicted octanol–water partition coefficient (Wildman–Crippen LogP) is 0.453. The van der Waals surface area contributed by atoms with E-state index in [1.54, 1.807) is 25.7 Å². The Bertz CT molecular complexity index is 546. The number of fused-ring (bicyclic) bond motifs is 1. The van der Waals surface area contributed by atoms with Gasteiger partial charge in [-0.2, -0.15) is 0 Å². The summed E-state index contributed by atoms with van der Waals surface area (Å²) in [4.78, 5) is 25.3. The number of nitrogens with one attached hydrogen (secondary N) is 1. The van der Waals surface area contributed by atoms with Crippen LogP contribution in [0.2, 0.25) is 0 Å². The molecule has 1 aromatic rings. The van der Waals surface area contributed by atoms with E-state index in [1.807, 2.05) is 11.5 Å². The first-order valence-corrected chi connectivity index (χ1v) is 6.89. The van der Waals surface area contributed by atoms with E-state index in [0.717, 1.165) is 11.6 Å². The van der Waals surface area contributed by atoms with Crippen LogP contribution in [0.4, 0.5) is 4.79 Å². The Morgan fingerprint density at radius 1 is 1.29 bits per heavy atom. The minimum atomic E-state index is -0.591. The highest BCUT2D eigenvalue weighted by atomic mass is 16.6. The SMILES string of the molecule is Cc1nnc2n1CCN(C(=O)CNC(=O)OC(C)(C)C)C2. The lowest BCUT2D eigenvalue weighted by Gasteiger charge is -2.28. The number of nitrogens with zero attached hydrogens (tertiary/aromatic N) is 4. The van der Waals surface area contributed by atoms with Crippen molar-refractivity contribution in [2.24, 2.45) is 0 Å². The van der Waals surface area contributed by atoms with Crippen molar-refractivity contribution in [3.8, 4) is 0 Å². The third-order valence-electron chi connectivity index (χ3n) is 3.07. The van der Waals surface area contributed by atoms with Gasteiger partial charge in [-0.3, -0.25) is 4.79 Å². The van der Waals surface area contributed by atoms with Crippen molar-refractivity contribution < 1.29 is 14.3 Å². The summed E-state index contributed by atoms with van der Waals surface area (Å²) in [5, 5.41) is 10.5. The molecule has 0 aliphatic carbocycles. The highest BCUT2D eigenvalue weighted by Crippen LogP contribution is 2.11. The average Bonchev–Trinajstić information content (AvgIpc) is 2.75. The van der Waals surface area contributed by atoms with Crippen LogP contribution in [0.15, 0.2) is 0 Å². The summed E-state index contributed by atoms with van der Waals surface area (Å²) in [5.74, 6) is 1.46. The van der Waals surface area contributed by atoms with E-state index in [4.69, 9.17) is 4.74 Å². The fourth-order valence-corrected chi connectivity index (χ4v) is 2.09. The van der Waals surface area contributed by atoms with Crippen LogP contribution in [0.5, 0.6) is 0 Å². The number of carbonyl (C=O) groups is 2. The molecular weight excluding hydrogens is 274 g/mol. The van der Waals surface area contributed by atoms with Gasteiger partial charge in [-0.25, -0.2) is 4.79 Å². The Hall–Kier alpha value is -2.12. The second kappa shape index (κ2) is 5.71. The predicted molar refractivity (Wildman–Crippen MR) is 74.4 cm³/mol. The van der Waals surface area contributed by atoms with E-state index in [9.17, 15) is 9.59 Å². The van der Waals surface area contributed by atoms with Crippen LogP contribution in [0.25, 0.3) is 0 Å². The fourth-order valence-electron chi connectivity index (χ4n) is 2.09.